The first kappa shape index (κ1) is 17.3. The van der Waals surface area contributed by atoms with Crippen molar-refractivity contribution in [2.45, 2.75) is 6.42 Å². The molecule has 0 spiro atoms. The van der Waals surface area contributed by atoms with Crippen molar-refractivity contribution < 1.29 is 9.90 Å². The van der Waals surface area contributed by atoms with Gasteiger partial charge in [-0.15, -0.1) is 0 Å². The van der Waals surface area contributed by atoms with Crippen LogP contribution in [0.15, 0.2) is 59.8 Å². The highest BCUT2D eigenvalue weighted by Crippen LogP contribution is 2.24. The topological polar surface area (TPSA) is 121 Å². The molecule has 0 heterocycles. The molecule has 2 aromatic rings. The van der Waals surface area contributed by atoms with Gasteiger partial charge in [-0.25, -0.2) is 0 Å². The average molecular weight is 328 g/mol. The summed E-state index contributed by atoms with van der Waals surface area (Å²) in [4.78, 5) is 10.7. The lowest BCUT2D eigenvalue weighted by molar-refractivity contribution is -0.136. The molecule has 0 aliphatic heterocycles. The quantitative estimate of drug-likeness (QED) is 0.813. The molecule has 0 bridgehead atoms. The van der Waals surface area contributed by atoms with Crippen LogP contribution < -0.4 is 5.32 Å². The van der Waals surface area contributed by atoms with Crippen LogP contribution in [0.5, 0.6) is 0 Å². The Morgan fingerprint density at radius 2 is 1.64 bits per heavy atom. The highest BCUT2D eigenvalue weighted by molar-refractivity contribution is 5.72. The fourth-order valence-corrected chi connectivity index (χ4v) is 2.19. The monoisotopic (exact) mass is 328 g/mol. The third kappa shape index (κ3) is 4.45. The van der Waals surface area contributed by atoms with Crippen molar-refractivity contribution in [3.63, 3.8) is 0 Å². The molecule has 6 heteroatoms. The maximum atomic E-state index is 10.7. The standard InChI is InChI=1S/C19H12N4O2/c20-10-16(11-21)18(12-22)23-17-3-1-2-15(9-17)14-6-4-13(5-7-14)8-19(24)25/h1-7,9,23H,8H2,(H,24,25). The van der Waals surface area contributed by atoms with E-state index < -0.39 is 5.97 Å². The fourth-order valence-electron chi connectivity index (χ4n) is 2.19. The first-order valence-corrected chi connectivity index (χ1v) is 7.20. The van der Waals surface area contributed by atoms with Crippen molar-refractivity contribution in [3.8, 4) is 29.3 Å². The lowest BCUT2D eigenvalue weighted by Crippen LogP contribution is -2.01. The zero-order chi connectivity index (χ0) is 18.2. The summed E-state index contributed by atoms with van der Waals surface area (Å²) in [6.45, 7) is 0. The van der Waals surface area contributed by atoms with E-state index >= 15 is 0 Å². The van der Waals surface area contributed by atoms with Gasteiger partial charge in [0.25, 0.3) is 0 Å². The lowest BCUT2D eigenvalue weighted by atomic mass is 10.0. The Balaban J connectivity index is 2.29. The van der Waals surface area contributed by atoms with E-state index in [2.05, 4.69) is 5.32 Å². The molecule has 0 saturated carbocycles. The number of anilines is 1. The van der Waals surface area contributed by atoms with E-state index in [-0.39, 0.29) is 17.7 Å². The second-order valence-corrected chi connectivity index (χ2v) is 5.06. The van der Waals surface area contributed by atoms with E-state index in [1.165, 1.54) is 0 Å². The van der Waals surface area contributed by atoms with Crippen molar-refractivity contribution >= 4 is 11.7 Å². The largest absolute Gasteiger partial charge is 0.481 e. The molecule has 0 aliphatic rings. The molecule has 0 saturated heterocycles. The Bertz CT molecular complexity index is 939. The van der Waals surface area contributed by atoms with Crippen LogP contribution in [0.1, 0.15) is 5.56 Å². The number of hydrogen-bond donors (Lipinski definition) is 2. The molecule has 6 nitrogen and oxygen atoms in total. The van der Waals surface area contributed by atoms with Crippen molar-refractivity contribution in [1.82, 2.24) is 0 Å². The highest BCUT2D eigenvalue weighted by atomic mass is 16.4. The van der Waals surface area contributed by atoms with Gasteiger partial charge < -0.3 is 10.4 Å². The zero-order valence-electron chi connectivity index (χ0n) is 13.0. The molecule has 0 amide bonds. The Hall–Kier alpha value is -4.08. The lowest BCUT2D eigenvalue weighted by Gasteiger charge is -2.08. The van der Waals surface area contributed by atoms with Crippen molar-refractivity contribution in [1.29, 1.82) is 15.8 Å². The molecular weight excluding hydrogens is 316 g/mol. The first-order chi connectivity index (χ1) is 12.1. The van der Waals surface area contributed by atoms with Crippen LogP contribution in [-0.2, 0) is 11.2 Å². The summed E-state index contributed by atoms with van der Waals surface area (Å²) in [6, 6.07) is 19.4. The minimum atomic E-state index is -0.888. The van der Waals surface area contributed by atoms with Crippen LogP contribution in [-0.4, -0.2) is 11.1 Å². The van der Waals surface area contributed by atoms with Crippen LogP contribution in [0, 0.1) is 34.0 Å². The fraction of sp³-hybridized carbons (Fsp3) is 0.0526. The smallest absolute Gasteiger partial charge is 0.307 e. The van der Waals surface area contributed by atoms with Crippen LogP contribution in [0.25, 0.3) is 11.1 Å². The second kappa shape index (κ2) is 7.97. The van der Waals surface area contributed by atoms with Crippen molar-refractivity contribution in [3.05, 3.63) is 65.4 Å². The Kier molecular flexibility index (Phi) is 5.50. The number of nitrogens with zero attached hydrogens (tertiary/aromatic N) is 3. The summed E-state index contributed by atoms with van der Waals surface area (Å²) < 4.78 is 0. The molecule has 120 valence electrons. The van der Waals surface area contributed by atoms with Gasteiger partial charge >= 0.3 is 5.97 Å². The normalized spacial score (nSPS) is 9.16. The summed E-state index contributed by atoms with van der Waals surface area (Å²) in [5.74, 6) is -0.888. The van der Waals surface area contributed by atoms with Gasteiger partial charge in [0.1, 0.15) is 23.9 Å². The molecular formula is C19H12N4O2. The zero-order valence-corrected chi connectivity index (χ0v) is 13.0. The van der Waals surface area contributed by atoms with E-state index in [1.807, 2.05) is 18.2 Å². The number of carboxylic acids is 1. The molecule has 25 heavy (non-hydrogen) atoms. The molecule has 2 aromatic carbocycles. The van der Waals surface area contributed by atoms with Crippen LogP contribution in [0.2, 0.25) is 0 Å². The number of carboxylic acid groups (broad SMARTS) is 1. The van der Waals surface area contributed by atoms with Gasteiger partial charge in [0.05, 0.1) is 6.42 Å². The summed E-state index contributed by atoms with van der Waals surface area (Å²) >= 11 is 0. The van der Waals surface area contributed by atoms with Crippen LogP contribution in [0.3, 0.4) is 0 Å². The summed E-state index contributed by atoms with van der Waals surface area (Å²) in [5.41, 5.74) is 2.59. The summed E-state index contributed by atoms with van der Waals surface area (Å²) in [7, 11) is 0. The van der Waals surface area contributed by atoms with E-state index in [1.54, 1.807) is 48.5 Å². The Labute approximate surface area is 144 Å². The van der Waals surface area contributed by atoms with Gasteiger partial charge in [-0.3, -0.25) is 4.79 Å². The Morgan fingerprint density at radius 1 is 0.960 bits per heavy atom. The minimum Gasteiger partial charge on any atom is -0.481 e. The average Bonchev–Trinajstić information content (AvgIpc) is 2.62. The van der Waals surface area contributed by atoms with Gasteiger partial charge in [0.2, 0.25) is 0 Å². The summed E-state index contributed by atoms with van der Waals surface area (Å²) in [6.07, 6.45) is -0.0384. The first-order valence-electron chi connectivity index (χ1n) is 7.20. The van der Waals surface area contributed by atoms with E-state index in [4.69, 9.17) is 20.9 Å². The predicted molar refractivity (Wildman–Crippen MR) is 90.7 cm³/mol. The molecule has 0 radical (unpaired) electrons. The molecule has 0 aliphatic carbocycles. The summed E-state index contributed by atoms with van der Waals surface area (Å²) in [5, 5.41) is 38.4. The minimum absolute atomic E-state index is 0.0384. The number of carbonyl (C=O) groups is 1. The number of benzene rings is 2. The van der Waals surface area contributed by atoms with Gasteiger partial charge in [-0.2, -0.15) is 15.8 Å². The van der Waals surface area contributed by atoms with Gasteiger partial charge in [0.15, 0.2) is 5.57 Å². The molecule has 0 aromatic heterocycles. The molecule has 0 fully saturated rings. The Morgan fingerprint density at radius 3 is 2.20 bits per heavy atom. The number of rotatable bonds is 5. The van der Waals surface area contributed by atoms with Gasteiger partial charge in [-0.05, 0) is 28.8 Å². The maximum absolute atomic E-state index is 10.7. The predicted octanol–water partition coefficient (Wildman–Crippen LogP) is 3.22. The maximum Gasteiger partial charge on any atom is 0.307 e. The number of hydrogen-bond acceptors (Lipinski definition) is 5. The van der Waals surface area contributed by atoms with E-state index in [9.17, 15) is 4.79 Å². The van der Waals surface area contributed by atoms with E-state index in [0.29, 0.717) is 11.3 Å². The molecule has 2 rings (SSSR count). The highest BCUT2D eigenvalue weighted by Gasteiger charge is 2.07. The number of allylic oxidation sites excluding steroid dienone is 2. The molecule has 2 N–H and O–H groups in total. The molecule has 0 unspecified atom stereocenters. The van der Waals surface area contributed by atoms with Gasteiger partial charge in [0, 0.05) is 5.69 Å². The van der Waals surface area contributed by atoms with E-state index in [0.717, 1.165) is 11.1 Å². The number of nitrogens with one attached hydrogen (secondary N) is 1. The number of aliphatic carboxylic acids is 1. The third-order valence-corrected chi connectivity index (χ3v) is 3.36. The SMILES string of the molecule is N#CC(C#N)=C(C#N)Nc1cccc(-c2ccc(CC(=O)O)cc2)c1. The third-order valence-electron chi connectivity index (χ3n) is 3.36. The van der Waals surface area contributed by atoms with Crippen molar-refractivity contribution in [2.24, 2.45) is 0 Å². The van der Waals surface area contributed by atoms with Gasteiger partial charge in [-0.1, -0.05) is 36.4 Å². The van der Waals surface area contributed by atoms with Crippen molar-refractivity contribution in [2.75, 3.05) is 5.32 Å². The second-order valence-electron chi connectivity index (χ2n) is 5.06. The number of nitriles is 3. The van der Waals surface area contributed by atoms with Crippen LogP contribution in [0.4, 0.5) is 5.69 Å². The van der Waals surface area contributed by atoms with Crippen LogP contribution >= 0.6 is 0 Å². The molecule has 0 atom stereocenters.